The van der Waals surface area contributed by atoms with Crippen LogP contribution in [0.25, 0.3) is 38.7 Å². The SMILES string of the molecule is [C-]#[N+]/C(C#N)=C(/C(C#N)=C/C=C/c1oc([O-])c(/C=C/C=C/C(C#N)=C(/c2ccc(C)cc2)[C-](C#N)[N+]#[C-])[n+]1-c1ccccc1)c1ccc(C(=O)OC)cc1. The van der Waals surface area contributed by atoms with Crippen LogP contribution >= 0.6 is 0 Å². The number of carbonyl (C=O) groups is 1. The van der Waals surface area contributed by atoms with Crippen molar-refractivity contribution in [3.05, 3.63) is 189 Å². The Morgan fingerprint density at radius 3 is 2.11 bits per heavy atom. The van der Waals surface area contributed by atoms with Crippen molar-refractivity contribution < 1.29 is 23.6 Å². The molecule has 0 amide bonds. The Morgan fingerprint density at radius 1 is 0.870 bits per heavy atom. The lowest BCUT2D eigenvalue weighted by atomic mass is 9.93. The highest BCUT2D eigenvalue weighted by molar-refractivity contribution is 5.92. The number of aryl methyl sites for hydroxylation is 1. The Balaban J connectivity index is 1.77. The molecule has 54 heavy (non-hydrogen) atoms. The molecule has 0 spiro atoms. The van der Waals surface area contributed by atoms with Crippen LogP contribution < -0.4 is 9.67 Å². The van der Waals surface area contributed by atoms with Gasteiger partial charge in [0.25, 0.3) is 11.6 Å². The van der Waals surface area contributed by atoms with Crippen molar-refractivity contribution in [3.8, 4) is 35.9 Å². The zero-order valence-corrected chi connectivity index (χ0v) is 28.8. The Kier molecular flexibility index (Phi) is 13.0. The molecule has 11 nitrogen and oxygen atoms in total. The van der Waals surface area contributed by atoms with Crippen molar-refractivity contribution in [2.24, 2.45) is 0 Å². The maximum absolute atomic E-state index is 13.2. The first-order chi connectivity index (χ1) is 26.2. The standard InChI is InChI=1S/C43H27N7O4/c1-29-17-19-30(20-18-29)40(36(27-46)48-2)33(25-44)11-8-9-15-38-43(52)54-39(50(38)35-13-6-5-7-14-35)16-10-12-34(26-45)41(37(28-47)49-3)31-21-23-32(24-22-31)42(51)53-4/h5-24,52H,1,4H3/p-1/b11-8+,15-9+,16-10+,34-12+,40-33+,41-37+. The van der Waals surface area contributed by atoms with E-state index >= 15 is 0 Å². The van der Waals surface area contributed by atoms with Gasteiger partial charge in [-0.2, -0.15) is 10.8 Å². The van der Waals surface area contributed by atoms with Crippen molar-refractivity contribution in [2.75, 3.05) is 7.11 Å². The molecule has 0 aliphatic heterocycles. The van der Waals surface area contributed by atoms with Crippen LogP contribution in [-0.4, -0.2) is 13.1 Å². The molecule has 0 N–H and O–H groups in total. The lowest BCUT2D eigenvalue weighted by molar-refractivity contribution is -0.604. The van der Waals surface area contributed by atoms with Crippen LogP contribution in [-0.2, 0) is 4.74 Å². The summed E-state index contributed by atoms with van der Waals surface area (Å²) in [4.78, 5) is 18.5. The third kappa shape index (κ3) is 8.75. The van der Waals surface area contributed by atoms with E-state index in [1.54, 1.807) is 42.5 Å². The number of rotatable bonds is 11. The zero-order valence-electron chi connectivity index (χ0n) is 28.8. The number of hydrogen-bond donors (Lipinski definition) is 0. The molecule has 0 unspecified atom stereocenters. The third-order valence-corrected chi connectivity index (χ3v) is 7.64. The van der Waals surface area contributed by atoms with Crippen molar-refractivity contribution >= 4 is 29.3 Å². The highest BCUT2D eigenvalue weighted by atomic mass is 16.5. The van der Waals surface area contributed by atoms with Crippen LogP contribution in [0.1, 0.15) is 38.6 Å². The van der Waals surface area contributed by atoms with Crippen LogP contribution in [0.15, 0.2) is 131 Å². The van der Waals surface area contributed by atoms with E-state index < -0.39 is 11.9 Å². The summed E-state index contributed by atoms with van der Waals surface area (Å²) in [5.41, 5.74) is 2.63. The molecule has 0 atom stereocenters. The highest BCUT2D eigenvalue weighted by Crippen LogP contribution is 2.31. The molecule has 4 aromatic rings. The van der Waals surface area contributed by atoms with Gasteiger partial charge in [0.2, 0.25) is 17.4 Å². The van der Waals surface area contributed by atoms with E-state index in [0.29, 0.717) is 16.8 Å². The van der Waals surface area contributed by atoms with Gasteiger partial charge in [-0.3, -0.25) is 0 Å². The number of nitrogens with zero attached hydrogens (tertiary/aromatic N) is 7. The van der Waals surface area contributed by atoms with Crippen LogP contribution in [0.4, 0.5) is 0 Å². The summed E-state index contributed by atoms with van der Waals surface area (Å²) in [7, 11) is 1.24. The molecule has 0 radical (unpaired) electrons. The number of esters is 1. The van der Waals surface area contributed by atoms with Crippen molar-refractivity contribution in [1.29, 1.82) is 21.0 Å². The highest BCUT2D eigenvalue weighted by Gasteiger charge is 2.21. The Labute approximate surface area is 312 Å². The maximum atomic E-state index is 13.2. The summed E-state index contributed by atoms with van der Waals surface area (Å²) >= 11 is 0. The lowest BCUT2D eigenvalue weighted by Crippen LogP contribution is -2.34. The minimum atomic E-state index is -0.705. The Hall–Kier alpha value is -8.61. The second-order valence-corrected chi connectivity index (χ2v) is 10.9. The number of ether oxygens (including phenoxy) is 1. The first-order valence-electron chi connectivity index (χ1n) is 15.8. The minimum absolute atomic E-state index is 0.0404. The summed E-state index contributed by atoms with van der Waals surface area (Å²) in [6.45, 7) is 16.9. The van der Waals surface area contributed by atoms with E-state index in [1.165, 1.54) is 78.5 Å². The fourth-order valence-corrected chi connectivity index (χ4v) is 5.10. The molecule has 3 aromatic carbocycles. The number of nitriles is 4. The third-order valence-electron chi connectivity index (χ3n) is 7.64. The van der Waals surface area contributed by atoms with E-state index in [2.05, 4.69) is 15.8 Å². The average Bonchev–Trinajstić information content (AvgIpc) is 3.52. The molecule has 4 rings (SSSR count). The predicted molar refractivity (Wildman–Crippen MR) is 197 cm³/mol. The van der Waals surface area contributed by atoms with E-state index in [-0.39, 0.29) is 51.2 Å². The molecule has 0 fully saturated rings. The van der Waals surface area contributed by atoms with Crippen LogP contribution in [0, 0.1) is 71.4 Å². The number of methoxy groups -OCH3 is 1. The minimum Gasteiger partial charge on any atom is -0.540 e. The molecule has 1 aromatic heterocycles. The molecular formula is C43H26N7O4-. The van der Waals surface area contributed by atoms with Crippen LogP contribution in [0.3, 0.4) is 0 Å². The number of benzene rings is 3. The van der Waals surface area contributed by atoms with E-state index in [4.69, 9.17) is 22.3 Å². The quantitative estimate of drug-likeness (QED) is 0.0506. The number of allylic oxidation sites excluding steroid dienone is 9. The van der Waals surface area contributed by atoms with Gasteiger partial charge >= 0.3 is 5.97 Å². The fraction of sp³-hybridized carbons (Fsp3) is 0.0465. The summed E-state index contributed by atoms with van der Waals surface area (Å²) in [6.07, 6.45) is 10.2. The van der Waals surface area contributed by atoms with Gasteiger partial charge in [0.1, 0.15) is 5.95 Å². The lowest BCUT2D eigenvalue weighted by Gasteiger charge is -2.20. The van der Waals surface area contributed by atoms with Crippen LogP contribution in [0.5, 0.6) is 5.95 Å². The average molecular weight is 705 g/mol. The Bertz CT molecular complexity index is 2480. The van der Waals surface area contributed by atoms with Gasteiger partial charge in [-0.15, -0.1) is 28.3 Å². The summed E-state index contributed by atoms with van der Waals surface area (Å²) < 4.78 is 11.9. The van der Waals surface area contributed by atoms with Crippen molar-refractivity contribution in [1.82, 2.24) is 0 Å². The molecule has 258 valence electrons. The second-order valence-electron chi connectivity index (χ2n) is 10.9. The smallest absolute Gasteiger partial charge is 0.337 e. The topological polar surface area (TPSA) is 170 Å². The van der Waals surface area contributed by atoms with Gasteiger partial charge in [0.05, 0.1) is 49.6 Å². The summed E-state index contributed by atoms with van der Waals surface area (Å²) in [5.74, 6) is -1.21. The van der Waals surface area contributed by atoms with Gasteiger partial charge in [-0.05, 0) is 36.8 Å². The maximum Gasteiger partial charge on any atom is 0.337 e. The molecule has 11 heteroatoms. The van der Waals surface area contributed by atoms with Gasteiger partial charge < -0.3 is 14.3 Å². The number of para-hydroxylation sites is 1. The molecule has 0 aliphatic rings. The number of hydrogen-bond acceptors (Lipinski definition) is 8. The van der Waals surface area contributed by atoms with Gasteiger partial charge in [0.15, 0.2) is 0 Å². The fourth-order valence-electron chi connectivity index (χ4n) is 5.10. The van der Waals surface area contributed by atoms with Crippen molar-refractivity contribution in [2.45, 2.75) is 6.92 Å². The van der Waals surface area contributed by atoms with Gasteiger partial charge in [0, 0.05) is 29.9 Å². The predicted octanol–water partition coefficient (Wildman–Crippen LogP) is 7.56. The van der Waals surface area contributed by atoms with Crippen LogP contribution in [0.2, 0.25) is 0 Å². The van der Waals surface area contributed by atoms with Crippen molar-refractivity contribution in [3.63, 3.8) is 0 Å². The monoisotopic (exact) mass is 704 g/mol. The molecule has 0 bridgehead atoms. The van der Waals surface area contributed by atoms with E-state index in [1.807, 2.05) is 37.3 Å². The van der Waals surface area contributed by atoms with Gasteiger partial charge in [-0.1, -0.05) is 71.8 Å². The van der Waals surface area contributed by atoms with Gasteiger partial charge in [-0.25, -0.2) is 30.3 Å². The van der Waals surface area contributed by atoms with E-state index in [9.17, 15) is 30.9 Å². The first-order valence-corrected chi connectivity index (χ1v) is 15.8. The largest absolute Gasteiger partial charge is 0.540 e. The number of carbonyl (C=O) groups excluding carboxylic acids is 1. The summed E-state index contributed by atoms with van der Waals surface area (Å²) in [5, 5.41) is 52.6. The molecule has 0 aliphatic carbocycles. The zero-order chi connectivity index (χ0) is 39.0. The normalized spacial score (nSPS) is 12.0. The summed E-state index contributed by atoms with van der Waals surface area (Å²) in [6, 6.07) is 29.3. The first kappa shape index (κ1) is 38.2. The number of aromatic nitrogens is 1. The Morgan fingerprint density at radius 2 is 1.54 bits per heavy atom. The molecule has 0 saturated heterocycles. The molecule has 1 heterocycles. The molecule has 0 saturated carbocycles. The van der Waals surface area contributed by atoms with E-state index in [0.717, 1.165) is 5.56 Å². The number of oxazole rings is 1. The second kappa shape index (κ2) is 18.4. The molecular weight excluding hydrogens is 679 g/mol.